The monoisotopic (exact) mass is 390 g/mol. The number of hydrogen-bond donors (Lipinski definition) is 2. The summed E-state index contributed by atoms with van der Waals surface area (Å²) >= 11 is 0. The Labute approximate surface area is 168 Å². The van der Waals surface area contributed by atoms with Gasteiger partial charge in [-0.25, -0.2) is 0 Å². The quantitative estimate of drug-likeness (QED) is 0.766. The van der Waals surface area contributed by atoms with Crippen molar-refractivity contribution >= 4 is 29.2 Å². The average Bonchev–Trinajstić information content (AvgIpc) is 3.35. The molecule has 2 aliphatic carbocycles. The van der Waals surface area contributed by atoms with Gasteiger partial charge in [0.2, 0.25) is 5.91 Å². The lowest BCUT2D eigenvalue weighted by Gasteiger charge is -2.24. The van der Waals surface area contributed by atoms with Gasteiger partial charge in [0.1, 0.15) is 0 Å². The fourth-order valence-electron chi connectivity index (χ4n) is 4.43. The number of hydrogen-bond acceptors (Lipinski definition) is 3. The zero-order valence-corrected chi connectivity index (χ0v) is 16.0. The molecule has 0 aromatic heterocycles. The summed E-state index contributed by atoms with van der Waals surface area (Å²) in [5, 5.41) is 12.4. The molecule has 2 aromatic carbocycles. The van der Waals surface area contributed by atoms with Gasteiger partial charge in [-0.3, -0.25) is 14.4 Å². The number of carboxylic acids is 1. The zero-order valence-electron chi connectivity index (χ0n) is 16.0. The number of carbonyl (C=O) groups is 3. The number of carbonyl (C=O) groups excluding carboxylic acids is 2. The van der Waals surface area contributed by atoms with Gasteiger partial charge in [0.25, 0.3) is 5.91 Å². The Morgan fingerprint density at radius 3 is 2.34 bits per heavy atom. The van der Waals surface area contributed by atoms with Crippen molar-refractivity contribution in [1.29, 1.82) is 0 Å². The number of carboxylic acid groups (broad SMARTS) is 1. The Hall–Kier alpha value is -3.41. The molecule has 0 saturated heterocycles. The maximum Gasteiger partial charge on any atom is 0.307 e. The number of benzene rings is 2. The van der Waals surface area contributed by atoms with Crippen LogP contribution in [0, 0.1) is 23.7 Å². The molecular formula is C23H22N2O4. The van der Waals surface area contributed by atoms with Crippen LogP contribution in [-0.4, -0.2) is 29.9 Å². The summed E-state index contributed by atoms with van der Waals surface area (Å²) in [6, 6.07) is 16.0. The van der Waals surface area contributed by atoms with Crippen LogP contribution < -0.4 is 10.2 Å². The number of fused-ring (bicyclic) bond motifs is 2. The van der Waals surface area contributed by atoms with Gasteiger partial charge in [0.15, 0.2) is 0 Å². The standard InChI is InChI=1S/C23H22N2O4/c1-25(18-8-3-2-4-9-18)22(27)16-6-5-7-17(13-16)24-21(26)19-14-10-11-15(12-14)20(19)23(28)29/h2-11,13-15,19-20H,12H2,1H3,(H,24,26)(H,28,29)/t14-,15-,19-,20-/m0/s1. The van der Waals surface area contributed by atoms with E-state index in [1.807, 2.05) is 42.5 Å². The van der Waals surface area contributed by atoms with E-state index in [1.165, 1.54) is 0 Å². The highest BCUT2D eigenvalue weighted by Crippen LogP contribution is 2.48. The predicted molar refractivity (Wildman–Crippen MR) is 110 cm³/mol. The van der Waals surface area contributed by atoms with E-state index in [0.29, 0.717) is 17.7 Å². The Morgan fingerprint density at radius 2 is 1.66 bits per heavy atom. The van der Waals surface area contributed by atoms with Crippen LogP contribution in [0.1, 0.15) is 16.8 Å². The summed E-state index contributed by atoms with van der Waals surface area (Å²) in [7, 11) is 1.70. The van der Waals surface area contributed by atoms with Crippen molar-refractivity contribution in [3.8, 4) is 0 Å². The highest BCUT2D eigenvalue weighted by molar-refractivity contribution is 6.07. The molecule has 2 aromatic rings. The number of rotatable bonds is 5. The Balaban J connectivity index is 1.51. The van der Waals surface area contributed by atoms with Crippen LogP contribution in [0.2, 0.25) is 0 Å². The van der Waals surface area contributed by atoms with Crippen LogP contribution in [0.5, 0.6) is 0 Å². The van der Waals surface area contributed by atoms with E-state index in [-0.39, 0.29) is 23.7 Å². The van der Waals surface area contributed by atoms with Crippen LogP contribution in [0.3, 0.4) is 0 Å². The van der Waals surface area contributed by atoms with E-state index in [9.17, 15) is 19.5 Å². The van der Waals surface area contributed by atoms with Crippen molar-refractivity contribution in [2.45, 2.75) is 6.42 Å². The first-order valence-electron chi connectivity index (χ1n) is 9.61. The van der Waals surface area contributed by atoms with Gasteiger partial charge in [-0.1, -0.05) is 36.4 Å². The smallest absolute Gasteiger partial charge is 0.307 e. The van der Waals surface area contributed by atoms with E-state index in [1.54, 1.807) is 36.2 Å². The Morgan fingerprint density at radius 1 is 0.966 bits per heavy atom. The largest absolute Gasteiger partial charge is 0.481 e. The van der Waals surface area contributed by atoms with Gasteiger partial charge >= 0.3 is 5.97 Å². The van der Waals surface area contributed by atoms with Gasteiger partial charge in [-0.15, -0.1) is 0 Å². The number of para-hydroxylation sites is 1. The number of nitrogens with zero attached hydrogens (tertiary/aromatic N) is 1. The van der Waals surface area contributed by atoms with Crippen molar-refractivity contribution in [2.75, 3.05) is 17.3 Å². The average molecular weight is 390 g/mol. The molecular weight excluding hydrogens is 368 g/mol. The highest BCUT2D eigenvalue weighted by atomic mass is 16.4. The molecule has 148 valence electrons. The maximum absolute atomic E-state index is 12.9. The van der Waals surface area contributed by atoms with Crippen LogP contribution >= 0.6 is 0 Å². The Kier molecular flexibility index (Phi) is 4.92. The fraction of sp³-hybridized carbons (Fsp3) is 0.261. The number of nitrogens with one attached hydrogen (secondary N) is 1. The summed E-state index contributed by atoms with van der Waals surface area (Å²) in [6.07, 6.45) is 4.56. The number of allylic oxidation sites excluding steroid dienone is 2. The normalized spacial score (nSPS) is 24.3. The maximum atomic E-state index is 12.9. The molecule has 2 N–H and O–H groups in total. The van der Waals surface area contributed by atoms with Gasteiger partial charge in [-0.2, -0.15) is 0 Å². The summed E-state index contributed by atoms with van der Waals surface area (Å²) in [6.45, 7) is 0. The molecule has 1 fully saturated rings. The molecule has 0 radical (unpaired) electrons. The van der Waals surface area contributed by atoms with Gasteiger partial charge in [-0.05, 0) is 48.6 Å². The van der Waals surface area contributed by atoms with E-state index in [4.69, 9.17) is 0 Å². The second kappa shape index (κ2) is 7.54. The minimum atomic E-state index is -0.935. The van der Waals surface area contributed by atoms with Crippen LogP contribution in [-0.2, 0) is 9.59 Å². The third-order valence-electron chi connectivity index (χ3n) is 5.87. The van der Waals surface area contributed by atoms with Crippen LogP contribution in [0.15, 0.2) is 66.7 Å². The topological polar surface area (TPSA) is 86.7 Å². The highest BCUT2D eigenvalue weighted by Gasteiger charge is 2.51. The number of amides is 2. The minimum Gasteiger partial charge on any atom is -0.481 e. The lowest BCUT2D eigenvalue weighted by Crippen LogP contribution is -2.36. The lowest BCUT2D eigenvalue weighted by atomic mass is 9.82. The second-order valence-corrected chi connectivity index (χ2v) is 7.61. The predicted octanol–water partition coefficient (Wildman–Crippen LogP) is 3.42. The lowest BCUT2D eigenvalue weighted by molar-refractivity contribution is -0.146. The summed E-state index contributed by atoms with van der Waals surface area (Å²) in [5.74, 6) is -2.85. The first-order valence-corrected chi connectivity index (χ1v) is 9.61. The molecule has 2 amide bonds. The van der Waals surface area contributed by atoms with E-state index < -0.39 is 17.8 Å². The van der Waals surface area contributed by atoms with E-state index >= 15 is 0 Å². The summed E-state index contributed by atoms with van der Waals surface area (Å²) in [4.78, 5) is 38.9. The molecule has 1 saturated carbocycles. The molecule has 0 unspecified atom stereocenters. The van der Waals surface area contributed by atoms with E-state index in [0.717, 1.165) is 5.69 Å². The molecule has 29 heavy (non-hydrogen) atoms. The van der Waals surface area contributed by atoms with Crippen LogP contribution in [0.4, 0.5) is 11.4 Å². The number of aliphatic carboxylic acids is 1. The summed E-state index contributed by atoms with van der Waals surface area (Å²) < 4.78 is 0. The van der Waals surface area contributed by atoms with Crippen molar-refractivity contribution in [3.63, 3.8) is 0 Å². The third kappa shape index (κ3) is 3.53. The third-order valence-corrected chi connectivity index (χ3v) is 5.87. The molecule has 6 heteroatoms. The fourth-order valence-corrected chi connectivity index (χ4v) is 4.43. The van der Waals surface area contributed by atoms with Crippen molar-refractivity contribution < 1.29 is 19.5 Å². The minimum absolute atomic E-state index is 0.0462. The van der Waals surface area contributed by atoms with Gasteiger partial charge in [0.05, 0.1) is 11.8 Å². The van der Waals surface area contributed by atoms with Gasteiger partial charge in [0, 0.05) is 24.0 Å². The van der Waals surface area contributed by atoms with Gasteiger partial charge < -0.3 is 15.3 Å². The molecule has 2 aliphatic rings. The Bertz CT molecular complexity index is 985. The second-order valence-electron chi connectivity index (χ2n) is 7.61. The number of anilines is 2. The molecule has 4 atom stereocenters. The van der Waals surface area contributed by atoms with Crippen LogP contribution in [0.25, 0.3) is 0 Å². The van der Waals surface area contributed by atoms with E-state index in [2.05, 4.69) is 5.32 Å². The van der Waals surface area contributed by atoms with Crippen molar-refractivity contribution in [3.05, 3.63) is 72.3 Å². The van der Waals surface area contributed by atoms with Crippen molar-refractivity contribution in [1.82, 2.24) is 0 Å². The molecule has 0 aliphatic heterocycles. The van der Waals surface area contributed by atoms with Crippen molar-refractivity contribution in [2.24, 2.45) is 23.7 Å². The molecule has 0 spiro atoms. The molecule has 0 heterocycles. The zero-order chi connectivity index (χ0) is 20.5. The first-order chi connectivity index (χ1) is 14.0. The SMILES string of the molecule is CN(C(=O)c1cccc(NC(=O)[C@@H]2[C@@H](C(=O)O)[C@H]3C=C[C@H]2C3)c1)c1ccccc1. The molecule has 6 nitrogen and oxygen atoms in total. The first kappa shape index (κ1) is 18.9. The molecule has 2 bridgehead atoms. The molecule has 4 rings (SSSR count). The summed E-state index contributed by atoms with van der Waals surface area (Å²) in [5.41, 5.74) is 1.69.